The third-order valence-electron chi connectivity index (χ3n) is 3.26. The van der Waals surface area contributed by atoms with Gasteiger partial charge in [0.1, 0.15) is 11.3 Å². The van der Waals surface area contributed by atoms with E-state index in [0.717, 1.165) is 28.7 Å². The Balaban J connectivity index is 2.64. The Morgan fingerprint density at radius 2 is 2.00 bits per heavy atom. The van der Waals surface area contributed by atoms with Crippen LogP contribution in [0.15, 0.2) is 28.7 Å². The Morgan fingerprint density at radius 3 is 2.61 bits per heavy atom. The second-order valence-electron chi connectivity index (χ2n) is 5.20. The van der Waals surface area contributed by atoms with Gasteiger partial charge in [-0.1, -0.05) is 39.0 Å². The van der Waals surface area contributed by atoms with E-state index in [0.29, 0.717) is 0 Å². The normalized spacial score (nSPS) is 11.9. The number of carboxylic acids is 1. The summed E-state index contributed by atoms with van der Waals surface area (Å²) in [5, 5.41) is 10.1. The quantitative estimate of drug-likeness (QED) is 0.893. The van der Waals surface area contributed by atoms with Gasteiger partial charge in [0, 0.05) is 22.8 Å². The number of aliphatic carboxylic acids is 1. The van der Waals surface area contributed by atoms with Crippen LogP contribution in [0.25, 0.3) is 11.0 Å². The molecule has 0 amide bonds. The summed E-state index contributed by atoms with van der Waals surface area (Å²) in [4.78, 5) is 11.0. The van der Waals surface area contributed by atoms with Crippen LogP contribution in [0.3, 0.4) is 0 Å². The zero-order valence-corrected chi connectivity index (χ0v) is 11.0. The lowest BCUT2D eigenvalue weighted by molar-refractivity contribution is -0.138. The minimum atomic E-state index is -0.785. The second-order valence-corrected chi connectivity index (χ2v) is 5.20. The minimum absolute atomic E-state index is 0.101. The van der Waals surface area contributed by atoms with E-state index >= 15 is 0 Å². The number of hydrogen-bond acceptors (Lipinski definition) is 2. The van der Waals surface area contributed by atoms with Gasteiger partial charge < -0.3 is 9.52 Å². The number of para-hydroxylation sites is 1. The van der Waals surface area contributed by atoms with E-state index < -0.39 is 11.4 Å². The fourth-order valence-electron chi connectivity index (χ4n) is 2.55. The van der Waals surface area contributed by atoms with Crippen molar-refractivity contribution in [3.63, 3.8) is 0 Å². The molecule has 96 valence electrons. The lowest BCUT2D eigenvalue weighted by Crippen LogP contribution is -2.22. The summed E-state index contributed by atoms with van der Waals surface area (Å²) in [5.41, 5.74) is 1.44. The standard InChI is InChI=1S/C15H18O3/c1-4-11-14(15(2,3)9-13(16)17)10-7-5-6-8-12(10)18-11/h5-8H,4,9H2,1-3H3,(H,16,17). The molecule has 0 saturated carbocycles. The van der Waals surface area contributed by atoms with Gasteiger partial charge in [0.05, 0.1) is 6.42 Å². The van der Waals surface area contributed by atoms with Gasteiger partial charge in [-0.05, 0) is 6.07 Å². The molecular weight excluding hydrogens is 228 g/mol. The minimum Gasteiger partial charge on any atom is -0.481 e. The van der Waals surface area contributed by atoms with E-state index in [-0.39, 0.29) is 6.42 Å². The van der Waals surface area contributed by atoms with E-state index in [9.17, 15) is 4.79 Å². The molecule has 0 atom stereocenters. The molecule has 0 aliphatic rings. The number of aryl methyl sites for hydroxylation is 1. The average Bonchev–Trinajstić information content (AvgIpc) is 2.66. The molecular formula is C15H18O3. The first-order valence-corrected chi connectivity index (χ1v) is 6.18. The highest BCUT2D eigenvalue weighted by Crippen LogP contribution is 2.38. The monoisotopic (exact) mass is 246 g/mol. The van der Waals surface area contributed by atoms with Crippen molar-refractivity contribution in [2.75, 3.05) is 0 Å². The van der Waals surface area contributed by atoms with Crippen molar-refractivity contribution in [1.29, 1.82) is 0 Å². The molecule has 0 unspecified atom stereocenters. The third kappa shape index (κ3) is 2.13. The van der Waals surface area contributed by atoms with Gasteiger partial charge >= 0.3 is 5.97 Å². The summed E-state index contributed by atoms with van der Waals surface area (Å²) < 4.78 is 5.82. The van der Waals surface area contributed by atoms with Crippen molar-refractivity contribution in [2.45, 2.75) is 39.0 Å². The van der Waals surface area contributed by atoms with Gasteiger partial charge in [-0.25, -0.2) is 0 Å². The highest BCUT2D eigenvalue weighted by molar-refractivity contribution is 5.84. The number of benzene rings is 1. The van der Waals surface area contributed by atoms with E-state index in [1.165, 1.54) is 0 Å². The Hall–Kier alpha value is -1.77. The predicted octanol–water partition coefficient (Wildman–Crippen LogP) is 3.75. The summed E-state index contributed by atoms with van der Waals surface area (Å²) in [6, 6.07) is 7.81. The number of fused-ring (bicyclic) bond motifs is 1. The maximum absolute atomic E-state index is 11.0. The van der Waals surface area contributed by atoms with Crippen LogP contribution in [-0.2, 0) is 16.6 Å². The van der Waals surface area contributed by atoms with Crippen LogP contribution in [0.2, 0.25) is 0 Å². The molecule has 0 aliphatic carbocycles. The molecule has 0 radical (unpaired) electrons. The smallest absolute Gasteiger partial charge is 0.304 e. The molecule has 0 bridgehead atoms. The van der Waals surface area contributed by atoms with Crippen LogP contribution in [0, 0.1) is 0 Å². The van der Waals surface area contributed by atoms with Gasteiger partial charge in [0.25, 0.3) is 0 Å². The topological polar surface area (TPSA) is 50.4 Å². The fraction of sp³-hybridized carbons (Fsp3) is 0.400. The molecule has 2 rings (SSSR count). The third-order valence-corrected chi connectivity index (χ3v) is 3.26. The maximum atomic E-state index is 11.0. The molecule has 18 heavy (non-hydrogen) atoms. The van der Waals surface area contributed by atoms with Crippen LogP contribution in [0.5, 0.6) is 0 Å². The van der Waals surface area contributed by atoms with Crippen molar-refractivity contribution in [3.05, 3.63) is 35.6 Å². The summed E-state index contributed by atoms with van der Waals surface area (Å²) >= 11 is 0. The summed E-state index contributed by atoms with van der Waals surface area (Å²) in [7, 11) is 0. The number of hydrogen-bond donors (Lipinski definition) is 1. The van der Waals surface area contributed by atoms with Crippen LogP contribution >= 0.6 is 0 Å². The first-order chi connectivity index (χ1) is 8.45. The van der Waals surface area contributed by atoms with Crippen molar-refractivity contribution in [2.24, 2.45) is 0 Å². The van der Waals surface area contributed by atoms with Gasteiger partial charge in [0.15, 0.2) is 0 Å². The largest absolute Gasteiger partial charge is 0.481 e. The van der Waals surface area contributed by atoms with Crippen LogP contribution in [0.4, 0.5) is 0 Å². The molecule has 2 aromatic rings. The number of furan rings is 1. The van der Waals surface area contributed by atoms with Gasteiger partial charge in [-0.2, -0.15) is 0 Å². The molecule has 0 spiro atoms. The first kappa shape index (κ1) is 12.7. The highest BCUT2D eigenvalue weighted by Gasteiger charge is 2.30. The Morgan fingerprint density at radius 1 is 1.33 bits per heavy atom. The molecule has 0 fully saturated rings. The summed E-state index contributed by atoms with van der Waals surface area (Å²) in [5.74, 6) is 0.106. The zero-order chi connectivity index (χ0) is 13.3. The molecule has 3 heteroatoms. The van der Waals surface area contributed by atoms with Crippen LogP contribution < -0.4 is 0 Å². The highest BCUT2D eigenvalue weighted by atomic mass is 16.4. The Labute approximate surface area is 106 Å². The van der Waals surface area contributed by atoms with Gasteiger partial charge in [0.2, 0.25) is 0 Å². The maximum Gasteiger partial charge on any atom is 0.304 e. The number of rotatable bonds is 4. The lowest BCUT2D eigenvalue weighted by atomic mass is 9.79. The number of carbonyl (C=O) groups is 1. The fourth-order valence-corrected chi connectivity index (χ4v) is 2.55. The Kier molecular flexibility index (Phi) is 3.16. The molecule has 3 nitrogen and oxygen atoms in total. The molecule has 1 aromatic carbocycles. The van der Waals surface area contributed by atoms with E-state index in [2.05, 4.69) is 0 Å². The molecule has 1 heterocycles. The first-order valence-electron chi connectivity index (χ1n) is 6.18. The Bertz CT molecular complexity index is 578. The lowest BCUT2D eigenvalue weighted by Gasteiger charge is -2.23. The van der Waals surface area contributed by atoms with Crippen LogP contribution in [0.1, 0.15) is 38.5 Å². The SMILES string of the molecule is CCc1oc2ccccc2c1C(C)(C)CC(=O)O. The average molecular weight is 246 g/mol. The molecule has 1 aromatic heterocycles. The van der Waals surface area contributed by atoms with Crippen LogP contribution in [-0.4, -0.2) is 11.1 Å². The predicted molar refractivity (Wildman–Crippen MR) is 70.9 cm³/mol. The molecule has 0 aliphatic heterocycles. The van der Waals surface area contributed by atoms with E-state index in [1.54, 1.807) is 0 Å². The summed E-state index contributed by atoms with van der Waals surface area (Å²) in [6.45, 7) is 5.94. The van der Waals surface area contributed by atoms with Crippen molar-refractivity contribution < 1.29 is 14.3 Å². The molecule has 1 N–H and O–H groups in total. The van der Waals surface area contributed by atoms with Crippen molar-refractivity contribution in [3.8, 4) is 0 Å². The summed E-state index contributed by atoms with van der Waals surface area (Å²) in [6.07, 6.45) is 0.872. The van der Waals surface area contributed by atoms with Gasteiger partial charge in [-0.15, -0.1) is 0 Å². The number of carboxylic acid groups (broad SMARTS) is 1. The zero-order valence-electron chi connectivity index (χ0n) is 11.0. The second kappa shape index (κ2) is 4.48. The van der Waals surface area contributed by atoms with E-state index in [4.69, 9.17) is 9.52 Å². The van der Waals surface area contributed by atoms with Gasteiger partial charge in [-0.3, -0.25) is 4.79 Å². The molecule has 0 saturated heterocycles. The van der Waals surface area contributed by atoms with E-state index in [1.807, 2.05) is 45.0 Å². The van der Waals surface area contributed by atoms with Crippen molar-refractivity contribution in [1.82, 2.24) is 0 Å². The van der Waals surface area contributed by atoms with Crippen molar-refractivity contribution >= 4 is 16.9 Å².